The molecule has 0 aromatic carbocycles. The largest absolute Gasteiger partial charge is 1.00 e. The van der Waals surface area contributed by atoms with Gasteiger partial charge in [0.1, 0.15) is 0 Å². The quantitative estimate of drug-likeness (QED) is 0.169. The van der Waals surface area contributed by atoms with Crippen LogP contribution >= 0.6 is 0 Å². The molecule has 0 rings (SSSR count). The average molecular weight is 167 g/mol. The molecule has 0 atom stereocenters. The van der Waals surface area contributed by atoms with E-state index in [1.807, 2.05) is 0 Å². The SMILES string of the molecule is N=C(N)NCCCC(=O)[O-].[Na+]. The molecule has 11 heavy (non-hydrogen) atoms. The number of nitrogens with one attached hydrogen (secondary N) is 2. The van der Waals surface area contributed by atoms with Crippen LogP contribution in [0.25, 0.3) is 0 Å². The van der Waals surface area contributed by atoms with Crippen molar-refractivity contribution in [2.24, 2.45) is 5.73 Å². The summed E-state index contributed by atoms with van der Waals surface area (Å²) >= 11 is 0. The molecule has 0 radical (unpaired) electrons. The Labute approximate surface area is 87.1 Å². The van der Waals surface area contributed by atoms with E-state index in [2.05, 4.69) is 5.32 Å². The van der Waals surface area contributed by atoms with Gasteiger partial charge in [-0.1, -0.05) is 0 Å². The van der Waals surface area contributed by atoms with E-state index in [4.69, 9.17) is 11.1 Å². The number of carboxylic acids is 1. The molecule has 0 bridgehead atoms. The minimum Gasteiger partial charge on any atom is -0.550 e. The van der Waals surface area contributed by atoms with E-state index in [0.717, 1.165) is 0 Å². The van der Waals surface area contributed by atoms with Gasteiger partial charge in [0.05, 0.1) is 0 Å². The van der Waals surface area contributed by atoms with Crippen LogP contribution in [0, 0.1) is 5.41 Å². The number of rotatable bonds is 4. The fourth-order valence-corrected chi connectivity index (χ4v) is 0.456. The van der Waals surface area contributed by atoms with E-state index in [-0.39, 0.29) is 41.9 Å². The molecule has 0 aromatic heterocycles. The first-order valence-electron chi connectivity index (χ1n) is 2.90. The second-order valence-electron chi connectivity index (χ2n) is 1.82. The van der Waals surface area contributed by atoms with Gasteiger partial charge >= 0.3 is 29.6 Å². The zero-order valence-electron chi connectivity index (χ0n) is 6.52. The summed E-state index contributed by atoms with van der Waals surface area (Å²) < 4.78 is 0. The maximum atomic E-state index is 9.82. The van der Waals surface area contributed by atoms with Crippen LogP contribution in [-0.2, 0) is 4.79 Å². The zero-order chi connectivity index (χ0) is 7.98. The monoisotopic (exact) mass is 167 g/mol. The summed E-state index contributed by atoms with van der Waals surface area (Å²) in [4.78, 5) is 9.82. The third-order valence-electron chi connectivity index (χ3n) is 0.873. The van der Waals surface area contributed by atoms with Crippen LogP contribution in [-0.4, -0.2) is 18.5 Å². The molecule has 0 aliphatic heterocycles. The van der Waals surface area contributed by atoms with E-state index < -0.39 is 5.97 Å². The molecule has 0 fully saturated rings. The summed E-state index contributed by atoms with van der Waals surface area (Å²) in [6.07, 6.45) is 0.433. The number of guanidine groups is 1. The van der Waals surface area contributed by atoms with Crippen molar-refractivity contribution in [1.82, 2.24) is 5.32 Å². The molecule has 0 unspecified atom stereocenters. The van der Waals surface area contributed by atoms with Crippen molar-refractivity contribution < 1.29 is 39.5 Å². The first kappa shape index (κ1) is 13.3. The van der Waals surface area contributed by atoms with E-state index in [1.165, 1.54) is 0 Å². The van der Waals surface area contributed by atoms with Gasteiger partial charge in [0, 0.05) is 12.5 Å². The predicted octanol–water partition coefficient (Wildman–Crippen LogP) is -5.00. The topological polar surface area (TPSA) is 102 Å². The van der Waals surface area contributed by atoms with E-state index in [9.17, 15) is 9.90 Å². The van der Waals surface area contributed by atoms with Crippen LogP contribution in [0.3, 0.4) is 0 Å². The van der Waals surface area contributed by atoms with E-state index in [1.54, 1.807) is 0 Å². The van der Waals surface area contributed by atoms with Gasteiger partial charge < -0.3 is 21.0 Å². The summed E-state index contributed by atoms with van der Waals surface area (Å²) in [5.74, 6) is -1.22. The molecular formula is C5H10N3NaO2. The molecule has 0 aliphatic rings. The Kier molecular flexibility index (Phi) is 9.51. The van der Waals surface area contributed by atoms with Crippen molar-refractivity contribution >= 4 is 11.9 Å². The Morgan fingerprint density at radius 2 is 2.18 bits per heavy atom. The summed E-state index contributed by atoms with van der Waals surface area (Å²) in [6.45, 7) is 0.406. The van der Waals surface area contributed by atoms with Gasteiger partial charge in [-0.05, 0) is 12.8 Å². The maximum Gasteiger partial charge on any atom is 1.00 e. The van der Waals surface area contributed by atoms with Gasteiger partial charge in [0.15, 0.2) is 5.96 Å². The van der Waals surface area contributed by atoms with Crippen LogP contribution in [0.4, 0.5) is 0 Å². The van der Waals surface area contributed by atoms with Crippen molar-refractivity contribution in [3.63, 3.8) is 0 Å². The van der Waals surface area contributed by atoms with Gasteiger partial charge in [-0.15, -0.1) is 0 Å². The first-order valence-corrected chi connectivity index (χ1v) is 2.90. The number of nitrogens with two attached hydrogens (primary N) is 1. The maximum absolute atomic E-state index is 9.82. The number of carboxylic acid groups (broad SMARTS) is 1. The van der Waals surface area contributed by atoms with Crippen LogP contribution in [0.1, 0.15) is 12.8 Å². The Balaban J connectivity index is 0. The third kappa shape index (κ3) is 12.8. The van der Waals surface area contributed by atoms with Gasteiger partial charge in [0.2, 0.25) is 0 Å². The Hall–Kier alpha value is -0.260. The second kappa shape index (κ2) is 7.84. The van der Waals surface area contributed by atoms with Gasteiger partial charge in [0.25, 0.3) is 0 Å². The van der Waals surface area contributed by atoms with Crippen LogP contribution in [0.2, 0.25) is 0 Å². The van der Waals surface area contributed by atoms with Crippen molar-refractivity contribution in [2.75, 3.05) is 6.54 Å². The van der Waals surface area contributed by atoms with E-state index >= 15 is 0 Å². The summed E-state index contributed by atoms with van der Waals surface area (Å²) in [5, 5.41) is 19.0. The number of aliphatic carboxylic acids is 1. The summed E-state index contributed by atoms with van der Waals surface area (Å²) in [5.41, 5.74) is 4.92. The third-order valence-corrected chi connectivity index (χ3v) is 0.873. The number of hydrogen-bond acceptors (Lipinski definition) is 3. The van der Waals surface area contributed by atoms with Crippen LogP contribution in [0.5, 0.6) is 0 Å². The van der Waals surface area contributed by atoms with Crippen molar-refractivity contribution in [3.8, 4) is 0 Å². The number of carbonyl (C=O) groups excluding carboxylic acids is 1. The molecule has 6 heteroatoms. The zero-order valence-corrected chi connectivity index (χ0v) is 8.52. The fraction of sp³-hybridized carbons (Fsp3) is 0.600. The molecule has 0 aromatic rings. The minimum atomic E-state index is -1.08. The van der Waals surface area contributed by atoms with Gasteiger partial charge in [-0.2, -0.15) is 0 Å². The second-order valence-corrected chi connectivity index (χ2v) is 1.82. The van der Waals surface area contributed by atoms with Crippen molar-refractivity contribution in [2.45, 2.75) is 12.8 Å². The molecule has 4 N–H and O–H groups in total. The number of carbonyl (C=O) groups is 1. The van der Waals surface area contributed by atoms with Crippen LogP contribution < -0.4 is 45.7 Å². The first-order chi connectivity index (χ1) is 4.63. The molecule has 0 aliphatic carbocycles. The Morgan fingerprint density at radius 1 is 1.64 bits per heavy atom. The van der Waals surface area contributed by atoms with Crippen LogP contribution in [0.15, 0.2) is 0 Å². The summed E-state index contributed by atoms with van der Waals surface area (Å²) in [6, 6.07) is 0. The molecule has 0 saturated heterocycles. The van der Waals surface area contributed by atoms with Crippen molar-refractivity contribution in [3.05, 3.63) is 0 Å². The Morgan fingerprint density at radius 3 is 2.55 bits per heavy atom. The van der Waals surface area contributed by atoms with E-state index in [0.29, 0.717) is 13.0 Å². The molecule has 0 spiro atoms. The van der Waals surface area contributed by atoms with Crippen molar-refractivity contribution in [1.29, 1.82) is 5.41 Å². The minimum absolute atomic E-state index is 0. The normalized spacial score (nSPS) is 8.00. The van der Waals surface area contributed by atoms with Gasteiger partial charge in [-0.25, -0.2) is 0 Å². The molecule has 0 saturated carbocycles. The molecule has 5 nitrogen and oxygen atoms in total. The molecule has 0 heterocycles. The smallest absolute Gasteiger partial charge is 0.550 e. The molecular weight excluding hydrogens is 157 g/mol. The van der Waals surface area contributed by atoms with Gasteiger partial charge in [-0.3, -0.25) is 5.41 Å². The Bertz CT molecular complexity index is 124. The standard InChI is InChI=1S/C5H11N3O2.Na/c6-5(7)8-3-1-2-4(9)10;/h1-3H2,(H,9,10)(H4,6,7,8);/q;+1/p-1. The predicted molar refractivity (Wildman–Crippen MR) is 34.2 cm³/mol. The number of hydrogen-bond donors (Lipinski definition) is 3. The summed E-state index contributed by atoms with van der Waals surface area (Å²) in [7, 11) is 0. The molecule has 58 valence electrons. The fourth-order valence-electron chi connectivity index (χ4n) is 0.456. The average Bonchev–Trinajstić information content (AvgIpc) is 1.79. The molecule has 0 amide bonds.